The summed E-state index contributed by atoms with van der Waals surface area (Å²) in [7, 11) is 0. The van der Waals surface area contributed by atoms with Crippen LogP contribution in [0.25, 0.3) is 0 Å². The molecule has 1 aromatic rings. The molecule has 1 N–H and O–H groups in total. The van der Waals surface area contributed by atoms with Crippen molar-refractivity contribution >= 4 is 17.4 Å². The van der Waals surface area contributed by atoms with E-state index in [0.717, 1.165) is 18.4 Å². The number of rotatable bonds is 4. The Morgan fingerprint density at radius 3 is 2.89 bits per heavy atom. The van der Waals surface area contributed by atoms with Gasteiger partial charge in [0.15, 0.2) is 5.78 Å². The second-order valence-corrected chi connectivity index (χ2v) is 4.56. The fraction of sp³-hybridized carbons (Fsp3) is 0.429. The highest BCUT2D eigenvalue weighted by Gasteiger charge is 2.20. The fourth-order valence-electron chi connectivity index (χ4n) is 2.09. The summed E-state index contributed by atoms with van der Waals surface area (Å²) < 4.78 is 13.8. The highest BCUT2D eigenvalue weighted by molar-refractivity contribution is 5.99. The highest BCUT2D eigenvalue weighted by Crippen LogP contribution is 2.26. The minimum Gasteiger partial charge on any atom is -0.326 e. The van der Waals surface area contributed by atoms with Gasteiger partial charge in [-0.15, -0.1) is 0 Å². The molecule has 0 aliphatic carbocycles. The molecule has 3 nitrogen and oxygen atoms in total. The van der Waals surface area contributed by atoms with E-state index in [9.17, 15) is 14.0 Å². The minimum atomic E-state index is -0.544. The maximum Gasteiger partial charge on any atom is 0.224 e. The third-order valence-corrected chi connectivity index (χ3v) is 3.15. The van der Waals surface area contributed by atoms with Crippen molar-refractivity contribution in [2.24, 2.45) is 0 Å². The summed E-state index contributed by atoms with van der Waals surface area (Å²) >= 11 is 0. The molecule has 0 unspecified atom stereocenters. The molecule has 0 aromatic heterocycles. The van der Waals surface area contributed by atoms with Crippen LogP contribution in [0, 0.1) is 5.82 Å². The topological polar surface area (TPSA) is 46.2 Å². The third-order valence-electron chi connectivity index (χ3n) is 3.15. The van der Waals surface area contributed by atoms with Gasteiger partial charge in [-0.3, -0.25) is 9.59 Å². The summed E-state index contributed by atoms with van der Waals surface area (Å²) in [5, 5.41) is 2.62. The minimum absolute atomic E-state index is 0.105. The number of benzene rings is 1. The molecule has 1 aromatic carbocycles. The number of fused-ring (bicyclic) bond motifs is 1. The predicted molar refractivity (Wildman–Crippen MR) is 67.2 cm³/mol. The monoisotopic (exact) mass is 249 g/mol. The zero-order valence-electron chi connectivity index (χ0n) is 10.4. The summed E-state index contributed by atoms with van der Waals surface area (Å²) in [5.41, 5.74) is 1.49. The molecule has 96 valence electrons. The van der Waals surface area contributed by atoms with Crippen LogP contribution in [0.3, 0.4) is 0 Å². The smallest absolute Gasteiger partial charge is 0.224 e. The molecular formula is C14H16FNO2. The zero-order valence-corrected chi connectivity index (χ0v) is 10.4. The normalized spacial score (nSPS) is 14.0. The number of halogens is 1. The van der Waals surface area contributed by atoms with Crippen molar-refractivity contribution in [3.8, 4) is 0 Å². The largest absolute Gasteiger partial charge is 0.326 e. The zero-order chi connectivity index (χ0) is 13.1. The van der Waals surface area contributed by atoms with Crippen LogP contribution in [0.5, 0.6) is 0 Å². The first-order valence-electron chi connectivity index (χ1n) is 6.27. The van der Waals surface area contributed by atoms with E-state index in [4.69, 9.17) is 0 Å². The molecule has 0 bridgehead atoms. The number of ketones is 1. The Balaban J connectivity index is 2.27. The molecule has 0 spiro atoms. The van der Waals surface area contributed by atoms with Gasteiger partial charge in [-0.05, 0) is 30.5 Å². The number of anilines is 1. The van der Waals surface area contributed by atoms with Gasteiger partial charge in [-0.2, -0.15) is 0 Å². The van der Waals surface area contributed by atoms with E-state index in [1.165, 1.54) is 6.07 Å². The molecule has 0 fully saturated rings. The number of nitrogens with one attached hydrogen (secondary N) is 1. The standard InChI is InChI=1S/C14H16FNO2/c1-2-3-4-13(17)10-7-9-5-6-14(18)16-12(9)8-11(10)15/h7-8H,2-6H2,1H3,(H,16,18). The lowest BCUT2D eigenvalue weighted by molar-refractivity contribution is -0.116. The van der Waals surface area contributed by atoms with E-state index in [0.29, 0.717) is 24.9 Å². The number of unbranched alkanes of at least 4 members (excludes halogenated alkanes) is 1. The van der Waals surface area contributed by atoms with E-state index in [1.807, 2.05) is 6.92 Å². The number of carbonyl (C=O) groups is 2. The maximum atomic E-state index is 13.8. The van der Waals surface area contributed by atoms with Gasteiger partial charge in [-0.25, -0.2) is 4.39 Å². The van der Waals surface area contributed by atoms with Gasteiger partial charge in [-0.1, -0.05) is 13.3 Å². The van der Waals surface area contributed by atoms with Crippen LogP contribution in [-0.4, -0.2) is 11.7 Å². The molecule has 1 aliphatic heterocycles. The molecule has 0 atom stereocenters. The summed E-state index contributed by atoms with van der Waals surface area (Å²) in [6.07, 6.45) is 3.01. The van der Waals surface area contributed by atoms with E-state index in [1.54, 1.807) is 6.07 Å². The van der Waals surface area contributed by atoms with Gasteiger partial charge >= 0.3 is 0 Å². The number of hydrogen-bond acceptors (Lipinski definition) is 2. The van der Waals surface area contributed by atoms with Crippen LogP contribution in [0.4, 0.5) is 10.1 Å². The molecule has 0 radical (unpaired) electrons. The van der Waals surface area contributed by atoms with Gasteiger partial charge < -0.3 is 5.32 Å². The Bertz CT molecular complexity index is 497. The van der Waals surface area contributed by atoms with Crippen LogP contribution in [0.2, 0.25) is 0 Å². The van der Waals surface area contributed by atoms with Crippen molar-refractivity contribution in [3.05, 3.63) is 29.1 Å². The predicted octanol–water partition coefficient (Wildman–Crippen LogP) is 3.08. The van der Waals surface area contributed by atoms with Gasteiger partial charge in [0.05, 0.1) is 5.56 Å². The Labute approximate surface area is 105 Å². The second kappa shape index (κ2) is 5.29. The quantitative estimate of drug-likeness (QED) is 0.833. The fourth-order valence-corrected chi connectivity index (χ4v) is 2.09. The maximum absolute atomic E-state index is 13.8. The number of amides is 1. The van der Waals surface area contributed by atoms with E-state index >= 15 is 0 Å². The molecule has 2 rings (SSSR count). The summed E-state index contributed by atoms with van der Waals surface area (Å²) in [4.78, 5) is 23.0. The Morgan fingerprint density at radius 2 is 2.17 bits per heavy atom. The third kappa shape index (κ3) is 2.58. The first-order chi connectivity index (χ1) is 8.61. The molecular weight excluding hydrogens is 233 g/mol. The van der Waals surface area contributed by atoms with Gasteiger partial charge in [0.2, 0.25) is 5.91 Å². The Kier molecular flexibility index (Phi) is 3.75. The average Bonchev–Trinajstić information content (AvgIpc) is 2.35. The average molecular weight is 249 g/mol. The Hall–Kier alpha value is -1.71. The molecule has 1 amide bonds. The summed E-state index contributed by atoms with van der Waals surface area (Å²) in [5.74, 6) is -0.807. The molecule has 0 saturated heterocycles. The molecule has 4 heteroatoms. The van der Waals surface area contributed by atoms with Crippen molar-refractivity contribution < 1.29 is 14.0 Å². The lowest BCUT2D eigenvalue weighted by Gasteiger charge is -2.17. The molecule has 1 aliphatic rings. The van der Waals surface area contributed by atoms with Crippen LogP contribution < -0.4 is 5.32 Å². The first kappa shape index (κ1) is 12.7. The van der Waals surface area contributed by atoms with Crippen LogP contribution in [0.1, 0.15) is 48.5 Å². The number of carbonyl (C=O) groups excluding carboxylic acids is 2. The van der Waals surface area contributed by atoms with Crippen molar-refractivity contribution in [1.29, 1.82) is 0 Å². The van der Waals surface area contributed by atoms with Gasteiger partial charge in [0.1, 0.15) is 5.82 Å². The SMILES string of the molecule is CCCCC(=O)c1cc2c(cc1F)NC(=O)CC2. The molecule has 0 saturated carbocycles. The van der Waals surface area contributed by atoms with Crippen molar-refractivity contribution in [3.63, 3.8) is 0 Å². The van der Waals surface area contributed by atoms with Gasteiger partial charge in [0, 0.05) is 18.5 Å². The lowest BCUT2D eigenvalue weighted by atomic mass is 9.96. The molecule has 1 heterocycles. The first-order valence-corrected chi connectivity index (χ1v) is 6.27. The van der Waals surface area contributed by atoms with Gasteiger partial charge in [0.25, 0.3) is 0 Å². The van der Waals surface area contributed by atoms with E-state index in [-0.39, 0.29) is 17.3 Å². The number of aryl methyl sites for hydroxylation is 1. The number of Topliss-reactive ketones (excluding diaryl/α,β-unsaturated/α-hetero) is 1. The lowest BCUT2D eigenvalue weighted by Crippen LogP contribution is -2.20. The van der Waals surface area contributed by atoms with Crippen LogP contribution >= 0.6 is 0 Å². The summed E-state index contributed by atoms with van der Waals surface area (Å²) in [6, 6.07) is 2.84. The highest BCUT2D eigenvalue weighted by atomic mass is 19.1. The Morgan fingerprint density at radius 1 is 1.39 bits per heavy atom. The van der Waals surface area contributed by atoms with Crippen molar-refractivity contribution in [2.75, 3.05) is 5.32 Å². The molecule has 18 heavy (non-hydrogen) atoms. The van der Waals surface area contributed by atoms with Crippen LogP contribution in [0.15, 0.2) is 12.1 Å². The van der Waals surface area contributed by atoms with Crippen molar-refractivity contribution in [1.82, 2.24) is 0 Å². The van der Waals surface area contributed by atoms with E-state index in [2.05, 4.69) is 5.32 Å². The summed E-state index contributed by atoms with van der Waals surface area (Å²) in [6.45, 7) is 1.99. The number of hydrogen-bond donors (Lipinski definition) is 1. The van der Waals surface area contributed by atoms with E-state index < -0.39 is 5.82 Å². The van der Waals surface area contributed by atoms with Crippen LogP contribution in [-0.2, 0) is 11.2 Å². The van der Waals surface area contributed by atoms with Crippen molar-refractivity contribution in [2.45, 2.75) is 39.0 Å². The second-order valence-electron chi connectivity index (χ2n) is 4.56.